The molecular weight excluding hydrogens is 192 g/mol. The summed E-state index contributed by atoms with van der Waals surface area (Å²) in [4.78, 5) is 10.4. The third kappa shape index (κ3) is 2.26. The number of anilines is 2. The van der Waals surface area contributed by atoms with E-state index >= 15 is 0 Å². The minimum atomic E-state index is -0.930. The third-order valence-corrected chi connectivity index (χ3v) is 1.98. The van der Waals surface area contributed by atoms with Crippen LogP contribution in [0.25, 0.3) is 0 Å². The van der Waals surface area contributed by atoms with Gasteiger partial charge in [0.05, 0.1) is 22.8 Å². The van der Waals surface area contributed by atoms with Crippen LogP contribution < -0.4 is 11.5 Å². The molecule has 0 atom stereocenters. The van der Waals surface area contributed by atoms with E-state index in [1.807, 2.05) is 0 Å². The molecule has 0 saturated heterocycles. The van der Waals surface area contributed by atoms with Crippen LogP contribution in [0.1, 0.15) is 5.56 Å². The lowest BCUT2D eigenvalue weighted by Crippen LogP contribution is -2.02. The number of rotatable bonds is 2. The second kappa shape index (κ2) is 3.53. The molecule has 13 heavy (non-hydrogen) atoms. The van der Waals surface area contributed by atoms with Crippen LogP contribution in [0, 0.1) is 0 Å². The first-order chi connectivity index (χ1) is 6.00. The van der Waals surface area contributed by atoms with E-state index in [0.29, 0.717) is 16.9 Å². The van der Waals surface area contributed by atoms with Crippen LogP contribution in [0.5, 0.6) is 0 Å². The molecule has 4 nitrogen and oxygen atoms in total. The smallest absolute Gasteiger partial charge is 0.307 e. The Labute approximate surface area is 80.1 Å². The van der Waals surface area contributed by atoms with Gasteiger partial charge in [0.2, 0.25) is 0 Å². The average Bonchev–Trinajstić information content (AvgIpc) is 1.98. The summed E-state index contributed by atoms with van der Waals surface area (Å²) in [7, 11) is 0. The zero-order valence-electron chi connectivity index (χ0n) is 6.75. The van der Waals surface area contributed by atoms with Crippen molar-refractivity contribution < 1.29 is 9.90 Å². The molecule has 1 aromatic carbocycles. The van der Waals surface area contributed by atoms with Crippen molar-refractivity contribution in [3.05, 3.63) is 22.7 Å². The van der Waals surface area contributed by atoms with Gasteiger partial charge in [0.15, 0.2) is 0 Å². The van der Waals surface area contributed by atoms with Gasteiger partial charge in [-0.05, 0) is 17.7 Å². The molecule has 0 aromatic heterocycles. The Kier molecular flexibility index (Phi) is 2.63. The maximum atomic E-state index is 10.4. The molecule has 70 valence electrons. The van der Waals surface area contributed by atoms with Gasteiger partial charge < -0.3 is 16.6 Å². The molecular formula is C8H9ClN2O2. The molecule has 0 aliphatic rings. The number of benzene rings is 1. The van der Waals surface area contributed by atoms with Gasteiger partial charge in [0.25, 0.3) is 0 Å². The lowest BCUT2D eigenvalue weighted by atomic mass is 10.1. The summed E-state index contributed by atoms with van der Waals surface area (Å²) in [5.74, 6) is -0.930. The minimum Gasteiger partial charge on any atom is -0.481 e. The predicted octanol–water partition coefficient (Wildman–Crippen LogP) is 1.13. The molecule has 1 rings (SSSR count). The van der Waals surface area contributed by atoms with E-state index < -0.39 is 5.97 Å². The summed E-state index contributed by atoms with van der Waals surface area (Å²) < 4.78 is 0. The maximum Gasteiger partial charge on any atom is 0.307 e. The molecule has 0 unspecified atom stereocenters. The monoisotopic (exact) mass is 200 g/mol. The fourth-order valence-corrected chi connectivity index (χ4v) is 1.12. The van der Waals surface area contributed by atoms with Crippen molar-refractivity contribution in [1.82, 2.24) is 0 Å². The predicted molar refractivity (Wildman–Crippen MR) is 51.6 cm³/mol. The first kappa shape index (κ1) is 9.67. The van der Waals surface area contributed by atoms with Gasteiger partial charge in [-0.3, -0.25) is 4.79 Å². The van der Waals surface area contributed by atoms with Gasteiger partial charge in [0.1, 0.15) is 0 Å². The zero-order valence-corrected chi connectivity index (χ0v) is 7.51. The van der Waals surface area contributed by atoms with Gasteiger partial charge in [-0.25, -0.2) is 0 Å². The van der Waals surface area contributed by atoms with Gasteiger partial charge in [-0.15, -0.1) is 0 Å². The highest BCUT2D eigenvalue weighted by Gasteiger charge is 2.06. The summed E-state index contributed by atoms with van der Waals surface area (Å²) in [6.45, 7) is 0. The van der Waals surface area contributed by atoms with Crippen LogP contribution in [0.2, 0.25) is 5.02 Å². The second-order valence-electron chi connectivity index (χ2n) is 2.66. The minimum absolute atomic E-state index is 0.106. The molecule has 0 aliphatic heterocycles. The molecule has 0 heterocycles. The first-order valence-electron chi connectivity index (χ1n) is 3.56. The highest BCUT2D eigenvalue weighted by atomic mass is 35.5. The van der Waals surface area contributed by atoms with E-state index in [1.165, 1.54) is 12.1 Å². The molecule has 0 amide bonds. The average molecular weight is 201 g/mol. The van der Waals surface area contributed by atoms with E-state index in [0.717, 1.165) is 0 Å². The Morgan fingerprint density at radius 1 is 1.38 bits per heavy atom. The Hall–Kier alpha value is -1.42. The van der Waals surface area contributed by atoms with Gasteiger partial charge in [-0.1, -0.05) is 11.6 Å². The van der Waals surface area contributed by atoms with Crippen molar-refractivity contribution in [1.29, 1.82) is 0 Å². The SMILES string of the molecule is Nc1cc(CC(=O)O)cc(N)c1Cl. The molecule has 0 radical (unpaired) electrons. The molecule has 0 saturated carbocycles. The topological polar surface area (TPSA) is 89.3 Å². The molecule has 0 fully saturated rings. The van der Waals surface area contributed by atoms with Crippen molar-refractivity contribution in [3.63, 3.8) is 0 Å². The number of hydrogen-bond acceptors (Lipinski definition) is 3. The first-order valence-corrected chi connectivity index (χ1v) is 3.93. The molecule has 0 bridgehead atoms. The fraction of sp³-hybridized carbons (Fsp3) is 0.125. The number of halogens is 1. The van der Waals surface area contributed by atoms with E-state index in [1.54, 1.807) is 0 Å². The number of carboxylic acids is 1. The van der Waals surface area contributed by atoms with Crippen LogP contribution in [0.4, 0.5) is 11.4 Å². The van der Waals surface area contributed by atoms with E-state index in [9.17, 15) is 4.79 Å². The van der Waals surface area contributed by atoms with Gasteiger partial charge in [0, 0.05) is 0 Å². The zero-order chi connectivity index (χ0) is 10.0. The molecule has 5 N–H and O–H groups in total. The van der Waals surface area contributed by atoms with E-state index in [4.69, 9.17) is 28.2 Å². The number of nitrogen functional groups attached to an aromatic ring is 2. The standard InChI is InChI=1S/C8H9ClN2O2/c9-8-5(10)1-4(2-6(8)11)3-7(12)13/h1-2H,3,10-11H2,(H,12,13). The van der Waals surface area contributed by atoms with Crippen molar-refractivity contribution in [2.45, 2.75) is 6.42 Å². The second-order valence-corrected chi connectivity index (χ2v) is 3.04. The van der Waals surface area contributed by atoms with Crippen molar-refractivity contribution >= 4 is 28.9 Å². The number of carboxylic acid groups (broad SMARTS) is 1. The van der Waals surface area contributed by atoms with Crippen LogP contribution in [0.3, 0.4) is 0 Å². The van der Waals surface area contributed by atoms with Crippen LogP contribution in [0.15, 0.2) is 12.1 Å². The summed E-state index contributed by atoms with van der Waals surface area (Å²) in [6.07, 6.45) is -0.106. The van der Waals surface area contributed by atoms with Crippen LogP contribution >= 0.6 is 11.6 Å². The normalized spacial score (nSPS) is 9.92. The van der Waals surface area contributed by atoms with Gasteiger partial charge >= 0.3 is 5.97 Å². The van der Waals surface area contributed by atoms with Crippen LogP contribution in [-0.4, -0.2) is 11.1 Å². The highest BCUT2D eigenvalue weighted by molar-refractivity contribution is 6.35. The largest absolute Gasteiger partial charge is 0.481 e. The summed E-state index contributed by atoms with van der Waals surface area (Å²) in [5.41, 5.74) is 12.1. The fourth-order valence-electron chi connectivity index (χ4n) is 1.01. The van der Waals surface area contributed by atoms with E-state index in [-0.39, 0.29) is 11.4 Å². The lowest BCUT2D eigenvalue weighted by Gasteiger charge is -2.04. The Balaban J connectivity index is 3.06. The molecule has 5 heteroatoms. The lowest BCUT2D eigenvalue weighted by molar-refractivity contribution is -0.136. The Morgan fingerprint density at radius 2 is 1.85 bits per heavy atom. The van der Waals surface area contributed by atoms with Crippen molar-refractivity contribution in [2.24, 2.45) is 0 Å². The number of aliphatic carboxylic acids is 1. The van der Waals surface area contributed by atoms with Gasteiger partial charge in [-0.2, -0.15) is 0 Å². The Morgan fingerprint density at radius 3 is 2.23 bits per heavy atom. The van der Waals surface area contributed by atoms with Crippen LogP contribution in [-0.2, 0) is 11.2 Å². The number of nitrogens with two attached hydrogens (primary N) is 2. The van der Waals surface area contributed by atoms with E-state index in [2.05, 4.69) is 0 Å². The van der Waals surface area contributed by atoms with Crippen molar-refractivity contribution in [2.75, 3.05) is 11.5 Å². The highest BCUT2D eigenvalue weighted by Crippen LogP contribution is 2.27. The Bertz CT molecular complexity index is 329. The molecule has 1 aromatic rings. The molecule has 0 aliphatic carbocycles. The molecule has 0 spiro atoms. The third-order valence-electron chi connectivity index (χ3n) is 1.54. The number of carbonyl (C=O) groups is 1. The summed E-state index contributed by atoms with van der Waals surface area (Å²) >= 11 is 5.69. The summed E-state index contributed by atoms with van der Waals surface area (Å²) in [6, 6.07) is 3.01. The quantitative estimate of drug-likeness (QED) is 0.625. The summed E-state index contributed by atoms with van der Waals surface area (Å²) in [5, 5.41) is 8.78. The number of hydrogen-bond donors (Lipinski definition) is 3. The van der Waals surface area contributed by atoms with Crippen molar-refractivity contribution in [3.8, 4) is 0 Å². The maximum absolute atomic E-state index is 10.4.